The number of hydrogen-bond acceptors (Lipinski definition) is 2. The lowest BCUT2D eigenvalue weighted by Crippen LogP contribution is -2.29. The van der Waals surface area contributed by atoms with Crippen molar-refractivity contribution in [3.05, 3.63) is 69.6 Å². The molecule has 1 N–H and O–H groups in total. The van der Waals surface area contributed by atoms with Crippen LogP contribution in [0.2, 0.25) is 0 Å². The van der Waals surface area contributed by atoms with E-state index in [1.165, 1.54) is 11.6 Å². The first-order chi connectivity index (χ1) is 11.0. The average molecular weight is 310 g/mol. The van der Waals surface area contributed by atoms with Gasteiger partial charge < -0.3 is 9.88 Å². The van der Waals surface area contributed by atoms with Gasteiger partial charge >= 0.3 is 0 Å². The summed E-state index contributed by atoms with van der Waals surface area (Å²) >= 11 is 0. The molecule has 120 valence electrons. The van der Waals surface area contributed by atoms with Crippen molar-refractivity contribution in [3.63, 3.8) is 0 Å². The van der Waals surface area contributed by atoms with Crippen LogP contribution < -0.4 is 5.56 Å². The summed E-state index contributed by atoms with van der Waals surface area (Å²) in [6.07, 6.45) is 0.968. The van der Waals surface area contributed by atoms with Crippen LogP contribution in [0.15, 0.2) is 47.3 Å². The molecule has 4 nitrogen and oxygen atoms in total. The van der Waals surface area contributed by atoms with Gasteiger partial charge in [-0.2, -0.15) is 0 Å². The number of aromatic nitrogens is 1. The molecule has 1 unspecified atom stereocenters. The van der Waals surface area contributed by atoms with Crippen molar-refractivity contribution >= 4 is 5.91 Å². The third kappa shape index (κ3) is 3.36. The molecule has 1 atom stereocenters. The average Bonchev–Trinajstić information content (AvgIpc) is 3.04. The highest BCUT2D eigenvalue weighted by molar-refractivity contribution is 5.94. The highest BCUT2D eigenvalue weighted by Crippen LogP contribution is 2.28. The summed E-state index contributed by atoms with van der Waals surface area (Å²) in [6, 6.07) is 13.5. The first-order valence-electron chi connectivity index (χ1n) is 8.13. The monoisotopic (exact) mass is 310 g/mol. The maximum absolute atomic E-state index is 12.7. The Kier molecular flexibility index (Phi) is 4.33. The SMILES string of the molecule is CC(C)c1cc(C(=O)N2CCC(c3ccccc3)C2)cc(=O)[nH]1. The molecule has 2 heterocycles. The molecule has 1 aliphatic heterocycles. The smallest absolute Gasteiger partial charge is 0.254 e. The Morgan fingerprint density at radius 2 is 1.96 bits per heavy atom. The Balaban J connectivity index is 1.78. The van der Waals surface area contributed by atoms with Gasteiger partial charge in [0.25, 0.3) is 5.91 Å². The summed E-state index contributed by atoms with van der Waals surface area (Å²) in [5.41, 5.74) is 2.36. The number of carbonyl (C=O) groups is 1. The molecule has 0 radical (unpaired) electrons. The fourth-order valence-electron chi connectivity index (χ4n) is 3.12. The van der Waals surface area contributed by atoms with E-state index in [9.17, 15) is 9.59 Å². The Morgan fingerprint density at radius 3 is 2.65 bits per heavy atom. The van der Waals surface area contributed by atoms with Crippen molar-refractivity contribution in [3.8, 4) is 0 Å². The lowest BCUT2D eigenvalue weighted by atomic mass is 9.99. The van der Waals surface area contributed by atoms with Crippen LogP contribution in [-0.2, 0) is 0 Å². The van der Waals surface area contributed by atoms with Gasteiger partial charge in [0.1, 0.15) is 0 Å². The molecule has 0 bridgehead atoms. The molecular formula is C19H22N2O2. The molecule has 2 aromatic rings. The number of carbonyl (C=O) groups excluding carboxylic acids is 1. The molecule has 3 rings (SSSR count). The van der Waals surface area contributed by atoms with E-state index in [1.807, 2.05) is 43.0 Å². The van der Waals surface area contributed by atoms with Crippen LogP contribution in [-0.4, -0.2) is 28.9 Å². The van der Waals surface area contributed by atoms with Crippen molar-refractivity contribution in [2.75, 3.05) is 13.1 Å². The quantitative estimate of drug-likeness (QED) is 0.947. The van der Waals surface area contributed by atoms with Crippen LogP contribution in [0.5, 0.6) is 0 Å². The van der Waals surface area contributed by atoms with Crippen molar-refractivity contribution in [2.24, 2.45) is 0 Å². The third-order valence-electron chi connectivity index (χ3n) is 4.48. The van der Waals surface area contributed by atoms with E-state index in [1.54, 1.807) is 0 Å². The first kappa shape index (κ1) is 15.5. The zero-order valence-corrected chi connectivity index (χ0v) is 13.6. The highest BCUT2D eigenvalue weighted by atomic mass is 16.2. The van der Waals surface area contributed by atoms with Crippen LogP contribution in [0.25, 0.3) is 0 Å². The second-order valence-corrected chi connectivity index (χ2v) is 6.49. The van der Waals surface area contributed by atoms with Gasteiger partial charge in [0.2, 0.25) is 5.56 Å². The normalized spacial score (nSPS) is 17.7. The van der Waals surface area contributed by atoms with Crippen molar-refractivity contribution in [2.45, 2.75) is 32.1 Å². The van der Waals surface area contributed by atoms with Gasteiger partial charge in [0.15, 0.2) is 0 Å². The van der Waals surface area contributed by atoms with Crippen LogP contribution in [0.4, 0.5) is 0 Å². The van der Waals surface area contributed by atoms with E-state index in [0.717, 1.165) is 18.7 Å². The maximum Gasteiger partial charge on any atom is 0.254 e. The van der Waals surface area contributed by atoms with Crippen molar-refractivity contribution < 1.29 is 4.79 Å². The molecule has 1 aromatic heterocycles. The number of hydrogen-bond donors (Lipinski definition) is 1. The zero-order chi connectivity index (χ0) is 16.4. The minimum atomic E-state index is -0.210. The van der Waals surface area contributed by atoms with Crippen LogP contribution in [0, 0.1) is 0 Å². The molecular weight excluding hydrogens is 288 g/mol. The molecule has 1 saturated heterocycles. The molecule has 1 aliphatic rings. The maximum atomic E-state index is 12.7. The number of rotatable bonds is 3. The van der Waals surface area contributed by atoms with E-state index in [4.69, 9.17) is 0 Å². The fourth-order valence-corrected chi connectivity index (χ4v) is 3.12. The number of H-pyrrole nitrogens is 1. The molecule has 1 aromatic carbocycles. The Bertz CT molecular complexity index is 749. The Hall–Kier alpha value is -2.36. The van der Waals surface area contributed by atoms with E-state index in [-0.39, 0.29) is 17.4 Å². The topological polar surface area (TPSA) is 53.2 Å². The zero-order valence-electron chi connectivity index (χ0n) is 13.6. The van der Waals surface area contributed by atoms with Gasteiger partial charge in [-0.1, -0.05) is 44.2 Å². The predicted octanol–water partition coefficient (Wildman–Crippen LogP) is 3.13. The molecule has 1 amide bonds. The summed E-state index contributed by atoms with van der Waals surface area (Å²) < 4.78 is 0. The van der Waals surface area contributed by atoms with E-state index < -0.39 is 0 Å². The van der Waals surface area contributed by atoms with Crippen LogP contribution in [0.1, 0.15) is 53.7 Å². The molecule has 0 saturated carbocycles. The van der Waals surface area contributed by atoms with E-state index >= 15 is 0 Å². The van der Waals surface area contributed by atoms with Gasteiger partial charge in [0.05, 0.1) is 0 Å². The number of likely N-dealkylation sites (tertiary alicyclic amines) is 1. The standard InChI is InChI=1S/C19H22N2O2/c1-13(2)17-10-16(11-18(22)20-17)19(23)21-9-8-15(12-21)14-6-4-3-5-7-14/h3-7,10-11,13,15H,8-9,12H2,1-2H3,(H,20,22). The Labute approximate surface area is 136 Å². The number of aromatic amines is 1. The minimum Gasteiger partial charge on any atom is -0.338 e. The summed E-state index contributed by atoms with van der Waals surface area (Å²) in [5, 5.41) is 0. The highest BCUT2D eigenvalue weighted by Gasteiger charge is 2.28. The fraction of sp³-hybridized carbons (Fsp3) is 0.368. The minimum absolute atomic E-state index is 0.0450. The lowest BCUT2D eigenvalue weighted by molar-refractivity contribution is 0.0790. The van der Waals surface area contributed by atoms with Crippen molar-refractivity contribution in [1.29, 1.82) is 0 Å². The third-order valence-corrected chi connectivity index (χ3v) is 4.48. The number of benzene rings is 1. The lowest BCUT2D eigenvalue weighted by Gasteiger charge is -2.17. The first-order valence-corrected chi connectivity index (χ1v) is 8.13. The summed E-state index contributed by atoms with van der Waals surface area (Å²) in [7, 11) is 0. The summed E-state index contributed by atoms with van der Waals surface area (Å²) in [6.45, 7) is 5.45. The van der Waals surface area contributed by atoms with Gasteiger partial charge in [-0.3, -0.25) is 9.59 Å². The van der Waals surface area contributed by atoms with Gasteiger partial charge in [-0.05, 0) is 24.0 Å². The Morgan fingerprint density at radius 1 is 1.22 bits per heavy atom. The number of nitrogens with zero attached hydrogens (tertiary/aromatic N) is 1. The predicted molar refractivity (Wildman–Crippen MR) is 90.9 cm³/mol. The summed E-state index contributed by atoms with van der Waals surface area (Å²) in [4.78, 5) is 29.2. The number of amides is 1. The molecule has 1 fully saturated rings. The van der Waals surface area contributed by atoms with Crippen LogP contribution in [0.3, 0.4) is 0 Å². The molecule has 0 aliphatic carbocycles. The molecule has 0 spiro atoms. The van der Waals surface area contributed by atoms with Gasteiger partial charge in [-0.15, -0.1) is 0 Å². The number of nitrogens with one attached hydrogen (secondary N) is 1. The summed E-state index contributed by atoms with van der Waals surface area (Å²) in [5.74, 6) is 0.522. The van der Waals surface area contributed by atoms with Crippen LogP contribution >= 0.6 is 0 Å². The number of pyridine rings is 1. The largest absolute Gasteiger partial charge is 0.338 e. The second-order valence-electron chi connectivity index (χ2n) is 6.49. The second kappa shape index (κ2) is 6.41. The van der Waals surface area contributed by atoms with Crippen molar-refractivity contribution in [1.82, 2.24) is 9.88 Å². The molecule has 4 heteroatoms. The molecule has 23 heavy (non-hydrogen) atoms. The van der Waals surface area contributed by atoms with E-state index in [0.29, 0.717) is 18.0 Å². The van der Waals surface area contributed by atoms with E-state index in [2.05, 4.69) is 17.1 Å². The van der Waals surface area contributed by atoms with Gasteiger partial charge in [-0.25, -0.2) is 0 Å². The van der Waals surface area contributed by atoms with Gasteiger partial charge in [0, 0.05) is 36.3 Å².